The minimum atomic E-state index is -0.0592. The zero-order chi connectivity index (χ0) is 14.4. The number of likely N-dealkylation sites (tertiary alicyclic amines) is 1. The average molecular weight is 284 g/mol. The molecule has 2 aromatic rings. The Morgan fingerprint density at radius 3 is 3.05 bits per heavy atom. The maximum absolute atomic E-state index is 12.2. The molecule has 2 aliphatic heterocycles. The van der Waals surface area contributed by atoms with Crippen molar-refractivity contribution >= 4 is 11.0 Å². The molecule has 5 heteroatoms. The summed E-state index contributed by atoms with van der Waals surface area (Å²) in [5.41, 5.74) is 2.24. The van der Waals surface area contributed by atoms with Gasteiger partial charge in [-0.15, -0.1) is 0 Å². The normalized spacial score (nSPS) is 29.1. The van der Waals surface area contributed by atoms with Crippen LogP contribution in [0, 0.1) is 11.8 Å². The van der Waals surface area contributed by atoms with Crippen molar-refractivity contribution in [3.8, 4) is 0 Å². The molecular weight excluding hydrogens is 264 g/mol. The molecule has 1 aromatic heterocycles. The summed E-state index contributed by atoms with van der Waals surface area (Å²) < 4.78 is 0. The van der Waals surface area contributed by atoms with E-state index in [4.69, 9.17) is 0 Å². The molecule has 0 spiro atoms. The van der Waals surface area contributed by atoms with Gasteiger partial charge in [-0.05, 0) is 44.0 Å². The zero-order valence-corrected chi connectivity index (χ0v) is 12.2. The topological polar surface area (TPSA) is 61.0 Å². The van der Waals surface area contributed by atoms with Crippen molar-refractivity contribution in [2.45, 2.75) is 19.5 Å². The highest BCUT2D eigenvalue weighted by Gasteiger charge is 2.41. The first kappa shape index (κ1) is 13.0. The molecule has 1 aromatic carbocycles. The van der Waals surface area contributed by atoms with Gasteiger partial charge in [-0.2, -0.15) is 0 Å². The van der Waals surface area contributed by atoms with Crippen LogP contribution in [-0.2, 0) is 6.54 Å². The number of fused-ring (bicyclic) bond motifs is 2. The van der Waals surface area contributed by atoms with Gasteiger partial charge >= 0.3 is 0 Å². The summed E-state index contributed by atoms with van der Waals surface area (Å²) in [5, 5.41) is 3.46. The monoisotopic (exact) mass is 284 g/mol. The van der Waals surface area contributed by atoms with Crippen LogP contribution >= 0.6 is 0 Å². The van der Waals surface area contributed by atoms with E-state index in [1.165, 1.54) is 0 Å². The molecule has 0 saturated carbocycles. The van der Waals surface area contributed by atoms with E-state index in [0.29, 0.717) is 24.2 Å². The summed E-state index contributed by atoms with van der Waals surface area (Å²) >= 11 is 0. The molecule has 0 radical (unpaired) electrons. The lowest BCUT2D eigenvalue weighted by Crippen LogP contribution is -2.35. The van der Waals surface area contributed by atoms with Gasteiger partial charge in [-0.3, -0.25) is 9.69 Å². The number of aromatic amines is 1. The number of hydrogen-bond acceptors (Lipinski definition) is 4. The van der Waals surface area contributed by atoms with Crippen molar-refractivity contribution in [3.05, 3.63) is 40.3 Å². The number of nitrogens with zero attached hydrogens (tertiary/aromatic N) is 2. The molecular formula is C16H20N4O. The zero-order valence-electron chi connectivity index (χ0n) is 12.2. The standard InChI is InChI=1S/C16H20N4O/c1-10-12-7-17-6-11(12)8-20(10)9-15-16(21)19-14-5-3-2-4-13(14)18-15/h2-5,10-12,17H,6-9H2,1H3,(H,19,21). The molecule has 4 rings (SSSR count). The van der Waals surface area contributed by atoms with E-state index in [9.17, 15) is 4.79 Å². The first-order chi connectivity index (χ1) is 10.2. The highest BCUT2D eigenvalue weighted by atomic mass is 16.1. The molecule has 2 saturated heterocycles. The molecule has 0 bridgehead atoms. The molecule has 5 nitrogen and oxygen atoms in total. The Hall–Kier alpha value is -1.72. The maximum Gasteiger partial charge on any atom is 0.271 e. The van der Waals surface area contributed by atoms with Crippen LogP contribution in [0.2, 0.25) is 0 Å². The van der Waals surface area contributed by atoms with Crippen LogP contribution in [-0.4, -0.2) is 40.5 Å². The smallest absolute Gasteiger partial charge is 0.271 e. The summed E-state index contributed by atoms with van der Waals surface area (Å²) in [6.45, 7) is 6.19. The van der Waals surface area contributed by atoms with E-state index in [1.54, 1.807) is 0 Å². The molecule has 0 amide bonds. The molecule has 2 N–H and O–H groups in total. The summed E-state index contributed by atoms with van der Waals surface area (Å²) in [7, 11) is 0. The van der Waals surface area contributed by atoms with Gasteiger partial charge in [0.15, 0.2) is 0 Å². The number of para-hydroxylation sites is 2. The SMILES string of the molecule is CC1C2CNCC2CN1Cc1nc2ccccc2[nH]c1=O. The number of H-pyrrole nitrogens is 1. The van der Waals surface area contributed by atoms with Gasteiger partial charge in [0.2, 0.25) is 0 Å². The molecule has 110 valence electrons. The third-order valence-electron chi connectivity index (χ3n) is 5.08. The van der Waals surface area contributed by atoms with Crippen LogP contribution in [0.25, 0.3) is 11.0 Å². The predicted octanol–water partition coefficient (Wildman–Crippen LogP) is 0.963. The lowest BCUT2D eigenvalue weighted by Gasteiger charge is -2.23. The lowest BCUT2D eigenvalue weighted by molar-refractivity contribution is 0.228. The Morgan fingerprint density at radius 2 is 2.19 bits per heavy atom. The third-order valence-corrected chi connectivity index (χ3v) is 5.08. The van der Waals surface area contributed by atoms with Gasteiger partial charge in [0.25, 0.3) is 5.56 Å². The minimum absolute atomic E-state index is 0.0592. The van der Waals surface area contributed by atoms with Crippen LogP contribution in [0.4, 0.5) is 0 Å². The van der Waals surface area contributed by atoms with E-state index in [2.05, 4.69) is 27.1 Å². The van der Waals surface area contributed by atoms with Crippen molar-refractivity contribution in [2.24, 2.45) is 11.8 Å². The van der Waals surface area contributed by atoms with Gasteiger partial charge in [0, 0.05) is 19.1 Å². The van der Waals surface area contributed by atoms with Crippen LogP contribution < -0.4 is 10.9 Å². The van der Waals surface area contributed by atoms with Gasteiger partial charge < -0.3 is 10.3 Å². The molecule has 2 fully saturated rings. The van der Waals surface area contributed by atoms with Crippen molar-refractivity contribution in [1.29, 1.82) is 0 Å². The largest absolute Gasteiger partial charge is 0.319 e. The van der Waals surface area contributed by atoms with Crippen molar-refractivity contribution in [2.75, 3.05) is 19.6 Å². The number of rotatable bonds is 2. The van der Waals surface area contributed by atoms with Crippen molar-refractivity contribution < 1.29 is 0 Å². The van der Waals surface area contributed by atoms with E-state index in [1.807, 2.05) is 24.3 Å². The fourth-order valence-electron chi connectivity index (χ4n) is 3.83. The predicted molar refractivity (Wildman–Crippen MR) is 82.1 cm³/mol. The molecule has 21 heavy (non-hydrogen) atoms. The van der Waals surface area contributed by atoms with Crippen LogP contribution in [0.5, 0.6) is 0 Å². The summed E-state index contributed by atoms with van der Waals surface area (Å²) in [4.78, 5) is 22.1. The lowest BCUT2D eigenvalue weighted by atomic mass is 9.95. The molecule has 3 unspecified atom stereocenters. The highest BCUT2D eigenvalue weighted by molar-refractivity contribution is 5.73. The number of nitrogens with one attached hydrogen (secondary N) is 2. The summed E-state index contributed by atoms with van der Waals surface area (Å²) in [5.74, 6) is 1.43. The van der Waals surface area contributed by atoms with Crippen LogP contribution in [0.15, 0.2) is 29.1 Å². The Kier molecular flexibility index (Phi) is 3.05. The fourth-order valence-corrected chi connectivity index (χ4v) is 3.83. The Morgan fingerprint density at radius 1 is 1.33 bits per heavy atom. The van der Waals surface area contributed by atoms with E-state index in [-0.39, 0.29) is 5.56 Å². The molecule has 2 aliphatic rings. The molecule has 3 atom stereocenters. The van der Waals surface area contributed by atoms with Crippen molar-refractivity contribution in [3.63, 3.8) is 0 Å². The first-order valence-corrected chi connectivity index (χ1v) is 7.65. The first-order valence-electron chi connectivity index (χ1n) is 7.65. The quantitative estimate of drug-likeness (QED) is 0.862. The minimum Gasteiger partial charge on any atom is -0.319 e. The number of hydrogen-bond donors (Lipinski definition) is 2. The average Bonchev–Trinajstić information content (AvgIpc) is 3.04. The van der Waals surface area contributed by atoms with Gasteiger partial charge in [-0.25, -0.2) is 4.98 Å². The van der Waals surface area contributed by atoms with Crippen LogP contribution in [0.3, 0.4) is 0 Å². The fraction of sp³-hybridized carbons (Fsp3) is 0.500. The molecule has 3 heterocycles. The Bertz CT molecular complexity index is 726. The van der Waals surface area contributed by atoms with Gasteiger partial charge in [0.05, 0.1) is 11.0 Å². The third kappa shape index (κ3) is 2.17. The number of benzene rings is 1. The molecule has 0 aliphatic carbocycles. The summed E-state index contributed by atoms with van der Waals surface area (Å²) in [6.07, 6.45) is 0. The maximum atomic E-state index is 12.2. The second kappa shape index (κ2) is 4.93. The number of aromatic nitrogens is 2. The van der Waals surface area contributed by atoms with Crippen LogP contribution in [0.1, 0.15) is 12.6 Å². The van der Waals surface area contributed by atoms with Crippen molar-refractivity contribution in [1.82, 2.24) is 20.2 Å². The van der Waals surface area contributed by atoms with Gasteiger partial charge in [-0.1, -0.05) is 12.1 Å². The van der Waals surface area contributed by atoms with Gasteiger partial charge in [0.1, 0.15) is 5.69 Å². The second-order valence-electron chi connectivity index (χ2n) is 6.28. The second-order valence-corrected chi connectivity index (χ2v) is 6.28. The Labute approximate surface area is 123 Å². The summed E-state index contributed by atoms with van der Waals surface area (Å²) in [6, 6.07) is 8.21. The Balaban J connectivity index is 1.62. The van der Waals surface area contributed by atoms with E-state index >= 15 is 0 Å². The van der Waals surface area contributed by atoms with E-state index < -0.39 is 0 Å². The van der Waals surface area contributed by atoms with E-state index in [0.717, 1.165) is 36.6 Å². The highest BCUT2D eigenvalue weighted by Crippen LogP contribution is 2.32.